The standard InChI is InChI=1S/C18H23NO3/c1-21-16(20)17(15-6-2-5-9-19-15)10-13-12-22-18(14(13)11-17)7-3-4-8-18/h2,5-6,9,13-14H,3-4,7-8,10-12H2,1H3. The van der Waals surface area contributed by atoms with Crippen molar-refractivity contribution in [2.75, 3.05) is 13.7 Å². The first-order chi connectivity index (χ1) is 10.7. The second kappa shape index (κ2) is 5.05. The molecule has 2 saturated carbocycles. The molecule has 3 atom stereocenters. The number of rotatable bonds is 2. The Morgan fingerprint density at radius 3 is 2.82 bits per heavy atom. The van der Waals surface area contributed by atoms with Gasteiger partial charge in [0.15, 0.2) is 0 Å². The van der Waals surface area contributed by atoms with Gasteiger partial charge in [0, 0.05) is 6.20 Å². The smallest absolute Gasteiger partial charge is 0.317 e. The van der Waals surface area contributed by atoms with Crippen LogP contribution >= 0.6 is 0 Å². The molecule has 4 rings (SSSR count). The van der Waals surface area contributed by atoms with Crippen LogP contribution in [-0.4, -0.2) is 30.3 Å². The molecule has 118 valence electrons. The molecule has 1 saturated heterocycles. The zero-order valence-electron chi connectivity index (χ0n) is 13.1. The Bertz CT molecular complexity index is 567. The van der Waals surface area contributed by atoms with Crippen molar-refractivity contribution in [2.24, 2.45) is 11.8 Å². The molecule has 2 aliphatic carbocycles. The highest BCUT2D eigenvalue weighted by Crippen LogP contribution is 2.59. The number of methoxy groups -OCH3 is 1. The maximum Gasteiger partial charge on any atom is 0.317 e. The van der Waals surface area contributed by atoms with E-state index in [4.69, 9.17) is 9.47 Å². The maximum absolute atomic E-state index is 12.7. The van der Waals surface area contributed by atoms with Gasteiger partial charge in [-0.3, -0.25) is 9.78 Å². The van der Waals surface area contributed by atoms with E-state index in [0.717, 1.165) is 38.0 Å². The molecule has 0 aromatic carbocycles. The molecular formula is C18H23NO3. The number of carbonyl (C=O) groups excluding carboxylic acids is 1. The van der Waals surface area contributed by atoms with Crippen LogP contribution < -0.4 is 0 Å². The number of nitrogens with zero attached hydrogens (tertiary/aromatic N) is 1. The van der Waals surface area contributed by atoms with Crippen LogP contribution in [0, 0.1) is 11.8 Å². The SMILES string of the molecule is COC(=O)C1(c2ccccn2)CC2COC3(CCCC3)C2C1. The number of aromatic nitrogens is 1. The number of hydrogen-bond acceptors (Lipinski definition) is 4. The minimum atomic E-state index is -0.579. The Hall–Kier alpha value is -1.42. The van der Waals surface area contributed by atoms with Crippen molar-refractivity contribution in [2.45, 2.75) is 49.5 Å². The summed E-state index contributed by atoms with van der Waals surface area (Å²) in [4.78, 5) is 17.2. The van der Waals surface area contributed by atoms with Gasteiger partial charge in [0.2, 0.25) is 0 Å². The van der Waals surface area contributed by atoms with Gasteiger partial charge >= 0.3 is 5.97 Å². The van der Waals surface area contributed by atoms with Crippen molar-refractivity contribution in [1.82, 2.24) is 4.98 Å². The Morgan fingerprint density at radius 1 is 1.32 bits per heavy atom. The summed E-state index contributed by atoms with van der Waals surface area (Å²) in [6.45, 7) is 0.788. The molecule has 4 nitrogen and oxygen atoms in total. The minimum Gasteiger partial charge on any atom is -0.468 e. The van der Waals surface area contributed by atoms with Crippen molar-refractivity contribution in [3.8, 4) is 0 Å². The fraction of sp³-hybridized carbons (Fsp3) is 0.667. The topological polar surface area (TPSA) is 48.4 Å². The van der Waals surface area contributed by atoms with Gasteiger partial charge in [0.05, 0.1) is 25.0 Å². The summed E-state index contributed by atoms with van der Waals surface area (Å²) in [5, 5.41) is 0. The molecule has 1 aromatic heterocycles. The first-order valence-electron chi connectivity index (χ1n) is 8.34. The van der Waals surface area contributed by atoms with Crippen molar-refractivity contribution in [3.63, 3.8) is 0 Å². The van der Waals surface area contributed by atoms with E-state index in [0.29, 0.717) is 11.8 Å². The lowest BCUT2D eigenvalue weighted by Crippen LogP contribution is -2.39. The van der Waals surface area contributed by atoms with Crippen LogP contribution in [0.25, 0.3) is 0 Å². The van der Waals surface area contributed by atoms with E-state index in [1.54, 1.807) is 6.20 Å². The highest BCUT2D eigenvalue weighted by Gasteiger charge is 2.62. The Balaban J connectivity index is 1.72. The van der Waals surface area contributed by atoms with Crippen LogP contribution in [0.3, 0.4) is 0 Å². The van der Waals surface area contributed by atoms with E-state index in [2.05, 4.69) is 4.98 Å². The number of fused-ring (bicyclic) bond motifs is 2. The average molecular weight is 301 g/mol. The van der Waals surface area contributed by atoms with Gasteiger partial charge in [-0.05, 0) is 49.7 Å². The van der Waals surface area contributed by atoms with Crippen LogP contribution in [0.15, 0.2) is 24.4 Å². The predicted molar refractivity (Wildman–Crippen MR) is 81.3 cm³/mol. The molecule has 0 bridgehead atoms. The van der Waals surface area contributed by atoms with Crippen LogP contribution in [0.4, 0.5) is 0 Å². The Labute approximate surface area is 131 Å². The quantitative estimate of drug-likeness (QED) is 0.788. The third kappa shape index (κ3) is 1.86. The van der Waals surface area contributed by atoms with Crippen molar-refractivity contribution in [1.29, 1.82) is 0 Å². The molecular weight excluding hydrogens is 278 g/mol. The normalized spacial score (nSPS) is 35.7. The third-order valence-corrected chi connectivity index (χ3v) is 6.19. The van der Waals surface area contributed by atoms with Gasteiger partial charge in [-0.2, -0.15) is 0 Å². The number of hydrogen-bond donors (Lipinski definition) is 0. The molecule has 3 unspecified atom stereocenters. The van der Waals surface area contributed by atoms with Crippen LogP contribution in [-0.2, 0) is 19.7 Å². The van der Waals surface area contributed by atoms with Gasteiger partial charge in [-0.15, -0.1) is 0 Å². The molecule has 1 aliphatic heterocycles. The molecule has 0 N–H and O–H groups in total. The predicted octanol–water partition coefficient (Wildman–Crippen LogP) is 2.86. The molecule has 0 amide bonds. The lowest BCUT2D eigenvalue weighted by molar-refractivity contribution is -0.148. The summed E-state index contributed by atoms with van der Waals surface area (Å²) in [6.07, 6.45) is 8.19. The molecule has 1 spiro atoms. The van der Waals surface area contributed by atoms with Crippen LogP contribution in [0.5, 0.6) is 0 Å². The highest BCUT2D eigenvalue weighted by molar-refractivity contribution is 5.83. The van der Waals surface area contributed by atoms with Crippen LogP contribution in [0.1, 0.15) is 44.2 Å². The number of ether oxygens (including phenoxy) is 2. The van der Waals surface area contributed by atoms with E-state index >= 15 is 0 Å². The summed E-state index contributed by atoms with van der Waals surface area (Å²) in [5.74, 6) is 0.795. The number of pyridine rings is 1. The number of esters is 1. The lowest BCUT2D eigenvalue weighted by atomic mass is 9.77. The largest absolute Gasteiger partial charge is 0.468 e. The second-order valence-electron chi connectivity index (χ2n) is 7.15. The lowest BCUT2D eigenvalue weighted by Gasteiger charge is -2.32. The van der Waals surface area contributed by atoms with Gasteiger partial charge in [-0.25, -0.2) is 0 Å². The molecule has 0 radical (unpaired) electrons. The fourth-order valence-electron chi connectivity index (χ4n) is 5.20. The van der Waals surface area contributed by atoms with E-state index < -0.39 is 5.41 Å². The summed E-state index contributed by atoms with van der Waals surface area (Å²) in [5.41, 5.74) is 0.310. The van der Waals surface area contributed by atoms with Crippen LogP contribution in [0.2, 0.25) is 0 Å². The molecule has 4 heteroatoms. The molecule has 1 aromatic rings. The fourth-order valence-corrected chi connectivity index (χ4v) is 5.20. The summed E-state index contributed by atoms with van der Waals surface area (Å²) in [7, 11) is 1.49. The number of carbonyl (C=O) groups is 1. The molecule has 3 aliphatic rings. The average Bonchev–Trinajstić information content (AvgIpc) is 3.26. The third-order valence-electron chi connectivity index (χ3n) is 6.19. The summed E-state index contributed by atoms with van der Waals surface area (Å²) >= 11 is 0. The molecule has 3 fully saturated rings. The maximum atomic E-state index is 12.7. The molecule has 2 heterocycles. The second-order valence-corrected chi connectivity index (χ2v) is 7.15. The van der Waals surface area contributed by atoms with Gasteiger partial charge < -0.3 is 9.47 Å². The zero-order valence-corrected chi connectivity index (χ0v) is 13.1. The first-order valence-corrected chi connectivity index (χ1v) is 8.34. The van der Waals surface area contributed by atoms with Gasteiger partial charge in [0.1, 0.15) is 5.41 Å². The monoisotopic (exact) mass is 301 g/mol. The zero-order chi connectivity index (χ0) is 15.2. The van der Waals surface area contributed by atoms with Crippen molar-refractivity contribution < 1.29 is 14.3 Å². The summed E-state index contributed by atoms with van der Waals surface area (Å²) < 4.78 is 11.4. The van der Waals surface area contributed by atoms with E-state index in [1.165, 1.54) is 20.0 Å². The first kappa shape index (κ1) is 14.2. The minimum absolute atomic E-state index is 0.0230. The van der Waals surface area contributed by atoms with E-state index in [9.17, 15) is 4.79 Å². The van der Waals surface area contributed by atoms with E-state index in [-0.39, 0.29) is 11.6 Å². The Kier molecular flexibility index (Phi) is 3.26. The van der Waals surface area contributed by atoms with Gasteiger partial charge in [0.25, 0.3) is 0 Å². The van der Waals surface area contributed by atoms with Crippen molar-refractivity contribution in [3.05, 3.63) is 30.1 Å². The van der Waals surface area contributed by atoms with E-state index in [1.807, 2.05) is 18.2 Å². The highest BCUT2D eigenvalue weighted by atomic mass is 16.5. The van der Waals surface area contributed by atoms with Crippen molar-refractivity contribution >= 4 is 5.97 Å². The summed E-state index contributed by atoms with van der Waals surface area (Å²) in [6, 6.07) is 5.83. The Morgan fingerprint density at radius 2 is 2.14 bits per heavy atom. The molecule has 22 heavy (non-hydrogen) atoms. The van der Waals surface area contributed by atoms with Gasteiger partial charge in [-0.1, -0.05) is 18.9 Å².